The molecule has 2 aromatic rings. The van der Waals surface area contributed by atoms with Crippen LogP contribution in [0, 0.1) is 0 Å². The second kappa shape index (κ2) is 8.85. The zero-order valence-corrected chi connectivity index (χ0v) is 15.7. The molecular weight excluding hydrogens is 328 g/mol. The predicted octanol–water partition coefficient (Wildman–Crippen LogP) is 1.84. The summed E-state index contributed by atoms with van der Waals surface area (Å²) in [6.45, 7) is 7.58. The first kappa shape index (κ1) is 18.5. The van der Waals surface area contributed by atoms with Gasteiger partial charge in [0.25, 0.3) is 0 Å². The maximum atomic E-state index is 12.5. The molecule has 6 heteroatoms. The molecule has 1 aliphatic heterocycles. The fourth-order valence-corrected chi connectivity index (χ4v) is 3.36. The van der Waals surface area contributed by atoms with E-state index in [0.717, 1.165) is 62.8 Å². The lowest BCUT2D eigenvalue weighted by molar-refractivity contribution is -0.132. The average Bonchev–Trinajstić information content (AvgIpc) is 3.15. The van der Waals surface area contributed by atoms with Gasteiger partial charge in [-0.05, 0) is 17.7 Å². The minimum atomic E-state index is 0.206. The van der Waals surface area contributed by atoms with E-state index < -0.39 is 0 Å². The Labute approximate surface area is 155 Å². The topological polar surface area (TPSA) is 50.6 Å². The Kier molecular flexibility index (Phi) is 6.28. The fraction of sp³-hybridized carbons (Fsp3) is 0.500. The third-order valence-corrected chi connectivity index (χ3v) is 5.01. The number of carbonyl (C=O) groups excluding carboxylic acids is 1. The molecule has 0 saturated carbocycles. The molecule has 26 heavy (non-hydrogen) atoms. The number of imidazole rings is 1. The van der Waals surface area contributed by atoms with Gasteiger partial charge in [0, 0.05) is 58.1 Å². The Morgan fingerprint density at radius 2 is 1.85 bits per heavy atom. The number of hydrogen-bond acceptors (Lipinski definition) is 4. The van der Waals surface area contributed by atoms with Gasteiger partial charge in [-0.2, -0.15) is 0 Å². The number of ether oxygens (including phenoxy) is 1. The van der Waals surface area contributed by atoms with E-state index in [1.807, 2.05) is 41.6 Å². The summed E-state index contributed by atoms with van der Waals surface area (Å²) in [5.74, 6) is 2.16. The number of piperazine rings is 1. The maximum absolute atomic E-state index is 12.5. The second-order valence-electron chi connectivity index (χ2n) is 6.64. The third kappa shape index (κ3) is 4.64. The highest BCUT2D eigenvalue weighted by Gasteiger charge is 2.21. The summed E-state index contributed by atoms with van der Waals surface area (Å²) < 4.78 is 7.38. The van der Waals surface area contributed by atoms with E-state index in [0.29, 0.717) is 6.42 Å². The highest BCUT2D eigenvalue weighted by Crippen LogP contribution is 2.13. The first-order valence-corrected chi connectivity index (χ1v) is 9.32. The lowest BCUT2D eigenvalue weighted by Crippen LogP contribution is -2.49. The van der Waals surface area contributed by atoms with Crippen LogP contribution in [-0.4, -0.2) is 65.1 Å². The van der Waals surface area contributed by atoms with Crippen LogP contribution >= 0.6 is 0 Å². The minimum Gasteiger partial charge on any atom is -0.497 e. The standard InChI is InChI=1S/C20H28N4O2/c1-3-19-21-8-9-23(19)13-10-22-11-14-24(15-12-22)20(25)16-17-4-6-18(26-2)7-5-17/h4-9H,3,10-16H2,1-2H3. The molecule has 1 fully saturated rings. The van der Waals surface area contributed by atoms with E-state index in [9.17, 15) is 4.79 Å². The lowest BCUT2D eigenvalue weighted by Gasteiger charge is -2.35. The number of nitrogens with zero attached hydrogens (tertiary/aromatic N) is 4. The van der Waals surface area contributed by atoms with Crippen LogP contribution in [-0.2, 0) is 24.2 Å². The number of carbonyl (C=O) groups is 1. The molecule has 6 nitrogen and oxygen atoms in total. The number of rotatable bonds is 7. The van der Waals surface area contributed by atoms with Gasteiger partial charge in [-0.25, -0.2) is 4.98 Å². The Bertz CT molecular complexity index is 703. The highest BCUT2D eigenvalue weighted by atomic mass is 16.5. The summed E-state index contributed by atoms with van der Waals surface area (Å²) in [6.07, 6.45) is 5.33. The van der Waals surface area contributed by atoms with Crippen LogP contribution in [0.4, 0.5) is 0 Å². The van der Waals surface area contributed by atoms with E-state index in [4.69, 9.17) is 4.74 Å². The van der Waals surface area contributed by atoms with Crippen LogP contribution in [0.5, 0.6) is 5.75 Å². The van der Waals surface area contributed by atoms with Gasteiger partial charge in [0.05, 0.1) is 13.5 Å². The summed E-state index contributed by atoms with van der Waals surface area (Å²) >= 11 is 0. The number of hydrogen-bond donors (Lipinski definition) is 0. The van der Waals surface area contributed by atoms with E-state index in [1.54, 1.807) is 7.11 Å². The molecule has 0 radical (unpaired) electrons. The summed E-state index contributed by atoms with van der Waals surface area (Å²) in [7, 11) is 1.65. The Hall–Kier alpha value is -2.34. The molecule has 0 aliphatic carbocycles. The second-order valence-corrected chi connectivity index (χ2v) is 6.64. The van der Waals surface area contributed by atoms with Crippen molar-refractivity contribution in [3.63, 3.8) is 0 Å². The van der Waals surface area contributed by atoms with Crippen LogP contribution in [0.3, 0.4) is 0 Å². The molecule has 140 valence electrons. The van der Waals surface area contributed by atoms with Crippen LogP contribution in [0.1, 0.15) is 18.3 Å². The fourth-order valence-electron chi connectivity index (χ4n) is 3.36. The summed E-state index contributed by atoms with van der Waals surface area (Å²) in [6, 6.07) is 7.73. The van der Waals surface area contributed by atoms with Crippen molar-refractivity contribution < 1.29 is 9.53 Å². The van der Waals surface area contributed by atoms with Gasteiger partial charge in [-0.1, -0.05) is 19.1 Å². The van der Waals surface area contributed by atoms with E-state index >= 15 is 0 Å². The Balaban J connectivity index is 1.43. The first-order valence-electron chi connectivity index (χ1n) is 9.32. The largest absolute Gasteiger partial charge is 0.497 e. The van der Waals surface area contributed by atoms with Gasteiger partial charge in [0.2, 0.25) is 5.91 Å². The van der Waals surface area contributed by atoms with Crippen LogP contribution in [0.15, 0.2) is 36.7 Å². The predicted molar refractivity (Wildman–Crippen MR) is 101 cm³/mol. The first-order chi connectivity index (χ1) is 12.7. The molecular formula is C20H28N4O2. The number of aryl methyl sites for hydroxylation is 1. The van der Waals surface area contributed by atoms with Gasteiger partial charge in [0.15, 0.2) is 0 Å². The zero-order chi connectivity index (χ0) is 18.4. The average molecular weight is 356 g/mol. The normalized spacial score (nSPS) is 15.2. The number of benzene rings is 1. The third-order valence-electron chi connectivity index (χ3n) is 5.01. The zero-order valence-electron chi connectivity index (χ0n) is 15.7. The van der Waals surface area contributed by atoms with E-state index in [1.165, 1.54) is 0 Å². The van der Waals surface area contributed by atoms with Crippen molar-refractivity contribution in [2.45, 2.75) is 26.3 Å². The molecule has 3 rings (SSSR count). The van der Waals surface area contributed by atoms with Crippen molar-refractivity contribution in [1.29, 1.82) is 0 Å². The Morgan fingerprint density at radius 3 is 2.50 bits per heavy atom. The van der Waals surface area contributed by atoms with Crippen molar-refractivity contribution in [3.05, 3.63) is 48.0 Å². The molecule has 2 heterocycles. The van der Waals surface area contributed by atoms with Gasteiger partial charge < -0.3 is 14.2 Å². The number of aromatic nitrogens is 2. The minimum absolute atomic E-state index is 0.206. The molecule has 1 aliphatic rings. The summed E-state index contributed by atoms with van der Waals surface area (Å²) in [4.78, 5) is 21.3. The molecule has 0 unspecified atom stereocenters. The molecule has 1 amide bonds. The molecule has 0 N–H and O–H groups in total. The number of methoxy groups -OCH3 is 1. The maximum Gasteiger partial charge on any atom is 0.227 e. The molecule has 0 atom stereocenters. The van der Waals surface area contributed by atoms with Gasteiger partial charge >= 0.3 is 0 Å². The van der Waals surface area contributed by atoms with Crippen molar-refractivity contribution in [2.24, 2.45) is 0 Å². The Morgan fingerprint density at radius 1 is 1.12 bits per heavy atom. The van der Waals surface area contributed by atoms with Gasteiger partial charge in [0.1, 0.15) is 11.6 Å². The highest BCUT2D eigenvalue weighted by molar-refractivity contribution is 5.78. The summed E-state index contributed by atoms with van der Waals surface area (Å²) in [5.41, 5.74) is 1.03. The SMILES string of the molecule is CCc1nccn1CCN1CCN(C(=O)Cc2ccc(OC)cc2)CC1. The molecule has 1 saturated heterocycles. The van der Waals surface area contributed by atoms with E-state index in [-0.39, 0.29) is 5.91 Å². The summed E-state index contributed by atoms with van der Waals surface area (Å²) in [5, 5.41) is 0. The molecule has 1 aromatic carbocycles. The smallest absolute Gasteiger partial charge is 0.227 e. The quantitative estimate of drug-likeness (QED) is 0.760. The van der Waals surface area contributed by atoms with E-state index in [2.05, 4.69) is 21.4 Å². The van der Waals surface area contributed by atoms with Crippen molar-refractivity contribution >= 4 is 5.91 Å². The molecule has 1 aromatic heterocycles. The van der Waals surface area contributed by atoms with Crippen molar-refractivity contribution in [1.82, 2.24) is 19.4 Å². The number of amides is 1. The van der Waals surface area contributed by atoms with Crippen LogP contribution < -0.4 is 4.74 Å². The monoisotopic (exact) mass is 356 g/mol. The van der Waals surface area contributed by atoms with Crippen molar-refractivity contribution in [3.8, 4) is 5.75 Å². The van der Waals surface area contributed by atoms with Crippen LogP contribution in [0.2, 0.25) is 0 Å². The van der Waals surface area contributed by atoms with Crippen molar-refractivity contribution in [2.75, 3.05) is 39.8 Å². The van der Waals surface area contributed by atoms with Gasteiger partial charge in [-0.3, -0.25) is 9.69 Å². The molecule has 0 spiro atoms. The van der Waals surface area contributed by atoms with Gasteiger partial charge in [-0.15, -0.1) is 0 Å². The molecule has 0 bridgehead atoms. The van der Waals surface area contributed by atoms with Crippen LogP contribution in [0.25, 0.3) is 0 Å². The lowest BCUT2D eigenvalue weighted by atomic mass is 10.1.